The van der Waals surface area contributed by atoms with Gasteiger partial charge in [0.1, 0.15) is 5.01 Å². The molecule has 0 bridgehead atoms. The monoisotopic (exact) mass is 271 g/mol. The maximum absolute atomic E-state index is 4.72. The van der Waals surface area contributed by atoms with E-state index in [1.807, 2.05) is 6.07 Å². The predicted octanol–water partition coefficient (Wildman–Crippen LogP) is 5.16. The second kappa shape index (κ2) is 4.67. The van der Waals surface area contributed by atoms with Crippen LogP contribution in [0.25, 0.3) is 20.3 Å². The number of benzene rings is 1. The molecule has 0 fully saturated rings. The van der Waals surface area contributed by atoms with Crippen LogP contribution in [0.3, 0.4) is 0 Å². The van der Waals surface area contributed by atoms with Gasteiger partial charge in [-0.05, 0) is 36.4 Å². The molecule has 2 heterocycles. The first kappa shape index (κ1) is 11.6. The summed E-state index contributed by atoms with van der Waals surface area (Å²) in [5, 5.41) is 3.27. The van der Waals surface area contributed by atoms with Crippen LogP contribution >= 0.6 is 22.7 Å². The first-order chi connectivity index (χ1) is 8.75. The maximum atomic E-state index is 4.72. The lowest BCUT2D eigenvalue weighted by Gasteiger charge is -1.96. The third-order valence-electron chi connectivity index (χ3n) is 2.89. The van der Waals surface area contributed by atoms with Gasteiger partial charge in [-0.2, -0.15) is 0 Å². The number of aromatic nitrogens is 1. The van der Waals surface area contributed by atoms with Crippen molar-refractivity contribution < 1.29 is 0 Å². The molecule has 3 heteroatoms. The number of nitrogens with zero attached hydrogens (tertiary/aromatic N) is 1. The van der Waals surface area contributed by atoms with Crippen molar-refractivity contribution in [2.45, 2.75) is 13.8 Å². The normalized spacial score (nSPS) is 10.8. The van der Waals surface area contributed by atoms with E-state index in [0.29, 0.717) is 0 Å². The zero-order valence-electron chi connectivity index (χ0n) is 10.3. The molecule has 0 saturated heterocycles. The minimum Gasteiger partial charge on any atom is -0.240 e. The Morgan fingerprint density at radius 1 is 0.944 bits per heavy atom. The van der Waals surface area contributed by atoms with Gasteiger partial charge < -0.3 is 0 Å². The van der Waals surface area contributed by atoms with Crippen LogP contribution < -0.4 is 0 Å². The third-order valence-corrected chi connectivity index (χ3v) is 5.27. The maximum Gasteiger partial charge on any atom is 0.134 e. The summed E-state index contributed by atoms with van der Waals surface area (Å²) in [6, 6.07) is 12.6. The van der Waals surface area contributed by atoms with Crippen LogP contribution in [0.5, 0.6) is 0 Å². The fourth-order valence-electron chi connectivity index (χ4n) is 1.94. The summed E-state index contributed by atoms with van der Waals surface area (Å²) in [4.78, 5) is 7.29. The molecule has 0 N–H and O–H groups in total. The molecule has 0 saturated carbocycles. The summed E-state index contributed by atoms with van der Waals surface area (Å²) >= 11 is 3.55. The van der Waals surface area contributed by atoms with Crippen molar-refractivity contribution in [3.8, 4) is 20.3 Å². The quantitative estimate of drug-likeness (QED) is 0.627. The number of rotatable bonds is 2. The number of thiazole rings is 1. The Hall–Kier alpha value is -1.45. The van der Waals surface area contributed by atoms with Gasteiger partial charge in [0.15, 0.2) is 0 Å². The molecule has 18 heavy (non-hydrogen) atoms. The average Bonchev–Trinajstić information content (AvgIpc) is 2.96. The Morgan fingerprint density at radius 2 is 1.72 bits per heavy atom. The van der Waals surface area contributed by atoms with Gasteiger partial charge in [0.05, 0.1) is 15.4 Å². The lowest BCUT2D eigenvalue weighted by molar-refractivity contribution is 1.27. The van der Waals surface area contributed by atoms with Crippen molar-refractivity contribution in [3.05, 3.63) is 53.0 Å². The molecule has 1 aromatic carbocycles. The fraction of sp³-hybridized carbons (Fsp3) is 0.133. The molecule has 1 nitrogen and oxygen atoms in total. The van der Waals surface area contributed by atoms with Gasteiger partial charge in [-0.3, -0.25) is 0 Å². The first-order valence-corrected chi connectivity index (χ1v) is 7.52. The number of thiophene rings is 1. The molecule has 0 aliphatic carbocycles. The van der Waals surface area contributed by atoms with Gasteiger partial charge in [-0.1, -0.05) is 30.3 Å². The summed E-state index contributed by atoms with van der Waals surface area (Å²) in [6.07, 6.45) is 0. The molecular formula is C15H13NS2. The van der Waals surface area contributed by atoms with Crippen molar-refractivity contribution in [2.24, 2.45) is 0 Å². The molecule has 0 spiro atoms. The molecule has 0 amide bonds. The van der Waals surface area contributed by atoms with Gasteiger partial charge in [-0.25, -0.2) is 4.98 Å². The minimum absolute atomic E-state index is 1.12. The van der Waals surface area contributed by atoms with E-state index in [1.54, 1.807) is 22.7 Å². The number of aryl methyl sites for hydroxylation is 2. The highest BCUT2D eigenvalue weighted by Gasteiger charge is 2.13. The van der Waals surface area contributed by atoms with Gasteiger partial charge in [0.25, 0.3) is 0 Å². The lowest BCUT2D eigenvalue weighted by atomic mass is 10.2. The first-order valence-electron chi connectivity index (χ1n) is 5.83. The van der Waals surface area contributed by atoms with E-state index in [2.05, 4.69) is 49.6 Å². The van der Waals surface area contributed by atoms with Crippen molar-refractivity contribution in [1.29, 1.82) is 0 Å². The Balaban J connectivity index is 2.10. The van der Waals surface area contributed by atoms with Crippen LogP contribution in [0.1, 0.15) is 11.3 Å². The van der Waals surface area contributed by atoms with E-state index in [1.165, 1.54) is 20.9 Å². The summed E-state index contributed by atoms with van der Waals surface area (Å²) in [5.41, 5.74) is 3.69. The predicted molar refractivity (Wildman–Crippen MR) is 80.3 cm³/mol. The van der Waals surface area contributed by atoms with Gasteiger partial charge in [0.2, 0.25) is 0 Å². The highest BCUT2D eigenvalue weighted by molar-refractivity contribution is 7.23. The largest absolute Gasteiger partial charge is 0.240 e. The molecule has 3 aromatic rings. The second-order valence-corrected chi connectivity index (χ2v) is 6.15. The van der Waals surface area contributed by atoms with E-state index in [4.69, 9.17) is 4.98 Å². The fourth-order valence-corrected chi connectivity index (χ4v) is 4.10. The smallest absolute Gasteiger partial charge is 0.134 e. The van der Waals surface area contributed by atoms with Crippen molar-refractivity contribution in [1.82, 2.24) is 4.98 Å². The van der Waals surface area contributed by atoms with E-state index in [0.717, 1.165) is 10.7 Å². The highest BCUT2D eigenvalue weighted by atomic mass is 32.1. The van der Waals surface area contributed by atoms with Crippen LogP contribution in [-0.4, -0.2) is 4.98 Å². The molecule has 0 unspecified atom stereocenters. The Labute approximate surface area is 115 Å². The van der Waals surface area contributed by atoms with Gasteiger partial charge in [-0.15, -0.1) is 22.7 Å². The van der Waals surface area contributed by atoms with Crippen LogP contribution in [-0.2, 0) is 0 Å². The standard InChI is InChI=1S/C15H13NS2/c1-10-8-9-17-13(10)15-16-11(2)14(18-15)12-6-4-3-5-7-12/h3-9H,1-2H3. The van der Waals surface area contributed by atoms with Crippen LogP contribution in [0.4, 0.5) is 0 Å². The highest BCUT2D eigenvalue weighted by Crippen LogP contribution is 2.38. The molecule has 2 aromatic heterocycles. The summed E-state index contributed by atoms with van der Waals surface area (Å²) in [6.45, 7) is 4.23. The average molecular weight is 271 g/mol. The summed E-state index contributed by atoms with van der Waals surface area (Å²) in [7, 11) is 0. The number of hydrogen-bond donors (Lipinski definition) is 0. The molecule has 90 valence electrons. The molecule has 0 atom stereocenters. The van der Waals surface area contributed by atoms with Gasteiger partial charge in [0, 0.05) is 0 Å². The van der Waals surface area contributed by atoms with Crippen molar-refractivity contribution >= 4 is 22.7 Å². The van der Waals surface area contributed by atoms with Crippen molar-refractivity contribution in [3.63, 3.8) is 0 Å². The van der Waals surface area contributed by atoms with E-state index in [-0.39, 0.29) is 0 Å². The minimum atomic E-state index is 1.12. The third kappa shape index (κ3) is 2.00. The Kier molecular flexibility index (Phi) is 3.02. The molecular weight excluding hydrogens is 258 g/mol. The van der Waals surface area contributed by atoms with Crippen molar-refractivity contribution in [2.75, 3.05) is 0 Å². The van der Waals surface area contributed by atoms with Crippen LogP contribution in [0.2, 0.25) is 0 Å². The SMILES string of the molecule is Cc1ccsc1-c1nc(C)c(-c2ccccc2)s1. The lowest BCUT2D eigenvalue weighted by Crippen LogP contribution is -1.77. The molecule has 0 aliphatic heterocycles. The molecule has 3 rings (SSSR count). The Morgan fingerprint density at radius 3 is 2.39 bits per heavy atom. The van der Waals surface area contributed by atoms with Gasteiger partial charge >= 0.3 is 0 Å². The van der Waals surface area contributed by atoms with E-state index in [9.17, 15) is 0 Å². The second-order valence-electron chi connectivity index (χ2n) is 4.23. The van der Waals surface area contributed by atoms with E-state index < -0.39 is 0 Å². The summed E-state index contributed by atoms with van der Waals surface area (Å²) in [5.74, 6) is 0. The summed E-state index contributed by atoms with van der Waals surface area (Å²) < 4.78 is 0. The number of hydrogen-bond acceptors (Lipinski definition) is 3. The zero-order chi connectivity index (χ0) is 12.5. The molecule has 0 aliphatic rings. The zero-order valence-corrected chi connectivity index (χ0v) is 11.9. The molecule has 0 radical (unpaired) electrons. The topological polar surface area (TPSA) is 12.9 Å². The van der Waals surface area contributed by atoms with E-state index >= 15 is 0 Å². The van der Waals surface area contributed by atoms with Crippen LogP contribution in [0.15, 0.2) is 41.8 Å². The Bertz CT molecular complexity index is 665. The van der Waals surface area contributed by atoms with Crippen LogP contribution in [0, 0.1) is 13.8 Å².